The Morgan fingerprint density at radius 1 is 1.55 bits per heavy atom. The van der Waals surface area contributed by atoms with Gasteiger partial charge in [-0.3, -0.25) is 4.79 Å². The fourth-order valence-corrected chi connectivity index (χ4v) is 3.05. The minimum Gasteiger partial charge on any atom is -0.466 e. The third-order valence-corrected chi connectivity index (χ3v) is 4.41. The largest absolute Gasteiger partial charge is 0.466 e. The van der Waals surface area contributed by atoms with Gasteiger partial charge >= 0.3 is 5.97 Å². The number of esters is 1. The molecular weight excluding hydrogens is 274 g/mol. The van der Waals surface area contributed by atoms with Gasteiger partial charge in [-0.05, 0) is 45.8 Å². The molecule has 2 rings (SSSR count). The summed E-state index contributed by atoms with van der Waals surface area (Å²) in [5.74, 6) is 0.517. The van der Waals surface area contributed by atoms with Crippen molar-refractivity contribution in [3.8, 4) is 0 Å². The van der Waals surface area contributed by atoms with Crippen molar-refractivity contribution in [2.45, 2.75) is 26.2 Å². The molecule has 1 aliphatic heterocycles. The average Bonchev–Trinajstić information content (AvgIpc) is 2.86. The van der Waals surface area contributed by atoms with Gasteiger partial charge in [-0.15, -0.1) is 11.3 Å². The van der Waals surface area contributed by atoms with Gasteiger partial charge < -0.3 is 15.0 Å². The Morgan fingerprint density at radius 2 is 2.30 bits per heavy atom. The van der Waals surface area contributed by atoms with Crippen LogP contribution < -0.4 is 5.32 Å². The molecule has 0 saturated carbocycles. The smallest absolute Gasteiger partial charge is 0.311 e. The summed E-state index contributed by atoms with van der Waals surface area (Å²) >= 11 is 1.56. The molecule has 5 nitrogen and oxygen atoms in total. The number of nitrogens with zero attached hydrogens (tertiary/aromatic N) is 2. The quantitative estimate of drug-likeness (QED) is 0.814. The van der Waals surface area contributed by atoms with Crippen LogP contribution in [0.2, 0.25) is 0 Å². The lowest BCUT2D eigenvalue weighted by Gasteiger charge is -2.28. The third kappa shape index (κ3) is 4.76. The van der Waals surface area contributed by atoms with E-state index in [9.17, 15) is 4.79 Å². The van der Waals surface area contributed by atoms with Crippen molar-refractivity contribution in [1.82, 2.24) is 9.88 Å². The van der Waals surface area contributed by atoms with Gasteiger partial charge in [-0.1, -0.05) is 0 Å². The number of ether oxygens (including phenoxy) is 1. The summed E-state index contributed by atoms with van der Waals surface area (Å²) < 4.78 is 4.92. The molecule has 112 valence electrons. The van der Waals surface area contributed by atoms with E-state index < -0.39 is 0 Å². The summed E-state index contributed by atoms with van der Waals surface area (Å²) in [5, 5.41) is 6.22. The number of hydrogen-bond acceptors (Lipinski definition) is 6. The number of anilines is 1. The lowest BCUT2D eigenvalue weighted by Crippen LogP contribution is -2.32. The van der Waals surface area contributed by atoms with Crippen LogP contribution >= 0.6 is 11.3 Å². The predicted octanol–water partition coefficient (Wildman–Crippen LogP) is 2.00. The minimum atomic E-state index is -0.209. The first kappa shape index (κ1) is 15.3. The molecule has 0 atom stereocenters. The summed E-state index contributed by atoms with van der Waals surface area (Å²) in [6, 6.07) is 0. The normalized spacial score (nSPS) is 17.1. The molecule has 1 aromatic rings. The van der Waals surface area contributed by atoms with Crippen molar-refractivity contribution in [1.29, 1.82) is 0 Å². The number of carbonyl (C=O) groups excluding carboxylic acids is 1. The van der Waals surface area contributed by atoms with Crippen LogP contribution in [0.4, 0.5) is 5.13 Å². The minimum absolute atomic E-state index is 0.209. The molecule has 1 N–H and O–H groups in total. The van der Waals surface area contributed by atoms with Crippen molar-refractivity contribution >= 4 is 22.4 Å². The van der Waals surface area contributed by atoms with Crippen LogP contribution in [-0.4, -0.2) is 49.1 Å². The van der Waals surface area contributed by atoms with Crippen LogP contribution in [0, 0.1) is 5.92 Å². The summed E-state index contributed by atoms with van der Waals surface area (Å²) in [7, 11) is 2.17. The molecule has 0 amide bonds. The van der Waals surface area contributed by atoms with Gasteiger partial charge in [0.2, 0.25) is 0 Å². The molecule has 0 aromatic carbocycles. The molecule has 1 aromatic heterocycles. The zero-order valence-electron chi connectivity index (χ0n) is 12.2. The Morgan fingerprint density at radius 3 is 3.00 bits per heavy atom. The van der Waals surface area contributed by atoms with Gasteiger partial charge in [-0.2, -0.15) is 0 Å². The first-order valence-electron chi connectivity index (χ1n) is 7.19. The second kappa shape index (κ2) is 7.59. The van der Waals surface area contributed by atoms with Gasteiger partial charge in [0.25, 0.3) is 0 Å². The summed E-state index contributed by atoms with van der Waals surface area (Å²) in [6.07, 6.45) is 2.75. The fourth-order valence-electron chi connectivity index (χ4n) is 2.33. The molecule has 0 spiro atoms. The van der Waals surface area contributed by atoms with E-state index in [2.05, 4.69) is 22.2 Å². The van der Waals surface area contributed by atoms with Crippen LogP contribution in [0.1, 0.15) is 25.5 Å². The highest BCUT2D eigenvalue weighted by atomic mass is 32.1. The van der Waals surface area contributed by atoms with Gasteiger partial charge in [0, 0.05) is 11.9 Å². The Kier molecular flexibility index (Phi) is 5.79. The van der Waals surface area contributed by atoms with Gasteiger partial charge in [0.15, 0.2) is 5.13 Å². The topological polar surface area (TPSA) is 54.5 Å². The number of thiazole rings is 1. The second-order valence-corrected chi connectivity index (χ2v) is 6.11. The standard InChI is InChI=1S/C14H23N3O2S/c1-3-19-13(18)8-12-10-20-14(16-12)15-9-11-4-6-17(2)7-5-11/h10-11H,3-9H2,1-2H3,(H,15,16). The van der Waals surface area contributed by atoms with Crippen LogP contribution in [0.3, 0.4) is 0 Å². The van der Waals surface area contributed by atoms with E-state index in [-0.39, 0.29) is 12.4 Å². The summed E-state index contributed by atoms with van der Waals surface area (Å²) in [4.78, 5) is 18.2. The summed E-state index contributed by atoms with van der Waals surface area (Å²) in [5.41, 5.74) is 0.791. The van der Waals surface area contributed by atoms with E-state index in [0.717, 1.165) is 23.3 Å². The maximum Gasteiger partial charge on any atom is 0.311 e. The van der Waals surface area contributed by atoms with Crippen LogP contribution in [0.5, 0.6) is 0 Å². The van der Waals surface area contributed by atoms with E-state index in [0.29, 0.717) is 6.61 Å². The first-order chi connectivity index (χ1) is 9.67. The maximum atomic E-state index is 11.4. The highest BCUT2D eigenvalue weighted by molar-refractivity contribution is 7.13. The number of hydrogen-bond donors (Lipinski definition) is 1. The van der Waals surface area contributed by atoms with Crippen LogP contribution in [0.15, 0.2) is 5.38 Å². The van der Waals surface area contributed by atoms with E-state index in [1.54, 1.807) is 11.3 Å². The van der Waals surface area contributed by atoms with Crippen molar-refractivity contribution in [3.63, 3.8) is 0 Å². The Bertz CT molecular complexity index is 428. The molecule has 0 bridgehead atoms. The lowest BCUT2D eigenvalue weighted by atomic mass is 9.97. The van der Waals surface area contributed by atoms with E-state index in [1.807, 2.05) is 12.3 Å². The van der Waals surface area contributed by atoms with Gasteiger partial charge in [0.05, 0.1) is 18.7 Å². The van der Waals surface area contributed by atoms with Crippen molar-refractivity contribution in [2.75, 3.05) is 38.6 Å². The monoisotopic (exact) mass is 297 g/mol. The fraction of sp³-hybridized carbons (Fsp3) is 0.714. The van der Waals surface area contributed by atoms with E-state index in [1.165, 1.54) is 25.9 Å². The molecule has 0 aliphatic carbocycles. The van der Waals surface area contributed by atoms with Crippen molar-refractivity contribution in [3.05, 3.63) is 11.1 Å². The predicted molar refractivity (Wildman–Crippen MR) is 81.2 cm³/mol. The maximum absolute atomic E-state index is 11.4. The molecule has 20 heavy (non-hydrogen) atoms. The Balaban J connectivity index is 1.74. The lowest BCUT2D eigenvalue weighted by molar-refractivity contribution is -0.142. The van der Waals surface area contributed by atoms with Crippen LogP contribution in [-0.2, 0) is 16.0 Å². The highest BCUT2D eigenvalue weighted by Crippen LogP contribution is 2.20. The second-order valence-electron chi connectivity index (χ2n) is 5.25. The van der Waals surface area contributed by atoms with E-state index >= 15 is 0 Å². The molecule has 1 fully saturated rings. The van der Waals surface area contributed by atoms with Crippen molar-refractivity contribution in [2.24, 2.45) is 5.92 Å². The van der Waals surface area contributed by atoms with Crippen molar-refractivity contribution < 1.29 is 9.53 Å². The average molecular weight is 297 g/mol. The molecule has 1 aliphatic rings. The summed E-state index contributed by atoms with van der Waals surface area (Å²) in [6.45, 7) is 5.56. The highest BCUT2D eigenvalue weighted by Gasteiger charge is 2.16. The molecule has 0 radical (unpaired) electrons. The molecular formula is C14H23N3O2S. The number of piperidine rings is 1. The zero-order valence-corrected chi connectivity index (χ0v) is 13.0. The number of likely N-dealkylation sites (tertiary alicyclic amines) is 1. The molecule has 0 unspecified atom stereocenters. The van der Waals surface area contributed by atoms with Gasteiger partial charge in [-0.25, -0.2) is 4.98 Å². The van der Waals surface area contributed by atoms with E-state index in [4.69, 9.17) is 4.74 Å². The third-order valence-electron chi connectivity index (χ3n) is 3.56. The zero-order chi connectivity index (χ0) is 14.4. The molecule has 1 saturated heterocycles. The van der Waals surface area contributed by atoms with Gasteiger partial charge in [0.1, 0.15) is 0 Å². The number of carbonyl (C=O) groups is 1. The number of aromatic nitrogens is 1. The molecule has 6 heteroatoms. The Labute approximate surface area is 124 Å². The Hall–Kier alpha value is -1.14. The SMILES string of the molecule is CCOC(=O)Cc1csc(NCC2CCN(C)CC2)n1. The van der Waals surface area contributed by atoms with Crippen LogP contribution in [0.25, 0.3) is 0 Å². The number of rotatable bonds is 6. The number of nitrogens with one attached hydrogen (secondary N) is 1. The molecule has 2 heterocycles. The first-order valence-corrected chi connectivity index (χ1v) is 8.07.